The highest BCUT2D eigenvalue weighted by Gasteiger charge is 2.28. The van der Waals surface area contributed by atoms with Crippen LogP contribution in [-0.2, 0) is 4.74 Å². The molecule has 0 aliphatic heterocycles. The molecular formula is C29H53NO2Si. The van der Waals surface area contributed by atoms with Crippen LogP contribution in [-0.4, -0.2) is 27.2 Å². The average molecular weight is 476 g/mol. The highest BCUT2D eigenvalue weighted by atomic mass is 28.3. The van der Waals surface area contributed by atoms with Gasteiger partial charge in [0.15, 0.2) is 0 Å². The molecule has 3 nitrogen and oxygen atoms in total. The standard InChI is InChI=1S/C29H53NO2Si/c1-5-23-33(24-6-2,25-7-3)26-17-15-13-11-9-10-12-14-16-22-30-28-20-18-27(19-21-28)29(31)32-8-4/h18-21,30H,5-17,22-26H2,1-4H3. The Labute approximate surface area is 206 Å². The molecule has 0 aliphatic rings. The van der Waals surface area contributed by atoms with Crippen LogP contribution >= 0.6 is 0 Å². The maximum Gasteiger partial charge on any atom is 0.338 e. The van der Waals surface area contributed by atoms with Crippen LogP contribution in [0.5, 0.6) is 0 Å². The zero-order chi connectivity index (χ0) is 24.2. The monoisotopic (exact) mass is 475 g/mol. The Morgan fingerprint density at radius 3 is 1.67 bits per heavy atom. The minimum absolute atomic E-state index is 0.247. The molecule has 0 saturated heterocycles. The summed E-state index contributed by atoms with van der Waals surface area (Å²) in [4.78, 5) is 11.7. The third-order valence-electron chi connectivity index (χ3n) is 6.95. The number of carbonyl (C=O) groups excluding carboxylic acids is 1. The summed E-state index contributed by atoms with van der Waals surface area (Å²) in [6.45, 7) is 10.4. The molecule has 33 heavy (non-hydrogen) atoms. The van der Waals surface area contributed by atoms with Gasteiger partial charge in [0.05, 0.1) is 20.2 Å². The molecule has 0 aromatic heterocycles. The van der Waals surface area contributed by atoms with Crippen LogP contribution in [0, 0.1) is 0 Å². The van der Waals surface area contributed by atoms with Gasteiger partial charge in [-0.15, -0.1) is 0 Å². The normalized spacial score (nSPS) is 11.5. The summed E-state index contributed by atoms with van der Waals surface area (Å²) >= 11 is 0. The van der Waals surface area contributed by atoms with E-state index >= 15 is 0 Å². The van der Waals surface area contributed by atoms with Crippen molar-refractivity contribution in [2.45, 2.75) is 129 Å². The van der Waals surface area contributed by atoms with Crippen molar-refractivity contribution in [3.63, 3.8) is 0 Å². The van der Waals surface area contributed by atoms with E-state index in [-0.39, 0.29) is 5.97 Å². The van der Waals surface area contributed by atoms with Crippen molar-refractivity contribution in [1.29, 1.82) is 0 Å². The maximum absolute atomic E-state index is 11.7. The van der Waals surface area contributed by atoms with Gasteiger partial charge in [-0.25, -0.2) is 4.79 Å². The molecule has 0 fully saturated rings. The Kier molecular flexibility index (Phi) is 17.2. The molecule has 0 spiro atoms. The summed E-state index contributed by atoms with van der Waals surface area (Å²) < 4.78 is 5.02. The van der Waals surface area contributed by atoms with Crippen LogP contribution < -0.4 is 5.32 Å². The van der Waals surface area contributed by atoms with Crippen molar-refractivity contribution in [2.24, 2.45) is 0 Å². The Hall–Kier alpha value is -1.29. The molecule has 0 unspecified atom stereocenters. The van der Waals surface area contributed by atoms with E-state index < -0.39 is 8.07 Å². The topological polar surface area (TPSA) is 38.3 Å². The van der Waals surface area contributed by atoms with E-state index in [1.165, 1.54) is 77.0 Å². The number of benzene rings is 1. The second-order valence-corrected chi connectivity index (χ2v) is 14.9. The molecule has 1 rings (SSSR count). The fourth-order valence-corrected chi connectivity index (χ4v) is 11.1. The van der Waals surface area contributed by atoms with Crippen molar-refractivity contribution in [3.8, 4) is 0 Å². The average Bonchev–Trinajstić information content (AvgIpc) is 2.81. The van der Waals surface area contributed by atoms with Gasteiger partial charge in [-0.3, -0.25) is 0 Å². The van der Waals surface area contributed by atoms with Gasteiger partial charge >= 0.3 is 5.97 Å². The van der Waals surface area contributed by atoms with Gasteiger partial charge in [-0.05, 0) is 37.6 Å². The smallest absolute Gasteiger partial charge is 0.338 e. The molecular weight excluding hydrogens is 422 g/mol. The van der Waals surface area contributed by atoms with E-state index in [9.17, 15) is 4.79 Å². The van der Waals surface area contributed by atoms with E-state index in [4.69, 9.17) is 4.74 Å². The minimum atomic E-state index is -0.952. The number of hydrogen-bond donors (Lipinski definition) is 1. The van der Waals surface area contributed by atoms with E-state index in [1.54, 1.807) is 24.2 Å². The molecule has 0 bridgehead atoms. The Morgan fingerprint density at radius 2 is 1.18 bits per heavy atom. The van der Waals surface area contributed by atoms with Crippen LogP contribution in [0.1, 0.15) is 115 Å². The lowest BCUT2D eigenvalue weighted by atomic mass is 10.1. The number of nitrogens with one attached hydrogen (secondary N) is 1. The fraction of sp³-hybridized carbons (Fsp3) is 0.759. The molecule has 0 atom stereocenters. The van der Waals surface area contributed by atoms with Gasteiger partial charge in [-0.1, -0.05) is 116 Å². The van der Waals surface area contributed by atoms with E-state index in [0.29, 0.717) is 12.2 Å². The van der Waals surface area contributed by atoms with Gasteiger partial charge in [0.25, 0.3) is 0 Å². The lowest BCUT2D eigenvalue weighted by Gasteiger charge is -2.31. The number of ether oxygens (including phenoxy) is 1. The summed E-state index contributed by atoms with van der Waals surface area (Å²) in [5, 5.41) is 3.46. The van der Waals surface area contributed by atoms with Crippen molar-refractivity contribution in [1.82, 2.24) is 0 Å². The summed E-state index contributed by atoms with van der Waals surface area (Å²) in [6, 6.07) is 13.9. The maximum atomic E-state index is 11.7. The largest absolute Gasteiger partial charge is 0.462 e. The van der Waals surface area contributed by atoms with Gasteiger partial charge < -0.3 is 10.1 Å². The number of esters is 1. The van der Waals surface area contributed by atoms with Crippen LogP contribution in [0.25, 0.3) is 0 Å². The molecule has 0 amide bonds. The van der Waals surface area contributed by atoms with Crippen LogP contribution in [0.2, 0.25) is 24.2 Å². The number of rotatable bonds is 21. The molecule has 1 aromatic rings. The molecule has 0 radical (unpaired) electrons. The zero-order valence-electron chi connectivity index (χ0n) is 22.4. The van der Waals surface area contributed by atoms with Gasteiger partial charge in [0, 0.05) is 12.2 Å². The Morgan fingerprint density at radius 1 is 0.697 bits per heavy atom. The van der Waals surface area contributed by atoms with Crippen LogP contribution in [0.15, 0.2) is 24.3 Å². The van der Waals surface area contributed by atoms with E-state index in [1.807, 2.05) is 31.2 Å². The molecule has 0 heterocycles. The second-order valence-electron chi connectivity index (χ2n) is 9.91. The number of hydrogen-bond acceptors (Lipinski definition) is 3. The third-order valence-corrected chi connectivity index (χ3v) is 13.0. The third kappa shape index (κ3) is 13.2. The first kappa shape index (κ1) is 29.7. The van der Waals surface area contributed by atoms with E-state index in [0.717, 1.165) is 12.2 Å². The lowest BCUT2D eigenvalue weighted by Crippen LogP contribution is -2.33. The van der Waals surface area contributed by atoms with Crippen molar-refractivity contribution in [2.75, 3.05) is 18.5 Å². The molecule has 1 aromatic carbocycles. The van der Waals surface area contributed by atoms with Gasteiger partial charge in [0.2, 0.25) is 0 Å². The number of anilines is 1. The first-order chi connectivity index (χ1) is 16.1. The minimum Gasteiger partial charge on any atom is -0.462 e. The van der Waals surface area contributed by atoms with Gasteiger partial charge in [-0.2, -0.15) is 0 Å². The Balaban J connectivity index is 2.03. The van der Waals surface area contributed by atoms with Gasteiger partial charge in [0.1, 0.15) is 0 Å². The highest BCUT2D eigenvalue weighted by Crippen LogP contribution is 2.32. The predicted molar refractivity (Wildman–Crippen MR) is 148 cm³/mol. The molecule has 190 valence electrons. The summed E-state index contributed by atoms with van der Waals surface area (Å²) in [7, 11) is -0.952. The van der Waals surface area contributed by atoms with Crippen LogP contribution in [0.4, 0.5) is 5.69 Å². The SMILES string of the molecule is CCC[Si](CCC)(CCC)CCCCCCCCCCCNc1ccc(C(=O)OCC)cc1. The zero-order valence-corrected chi connectivity index (χ0v) is 23.4. The molecule has 1 N–H and O–H groups in total. The quantitative estimate of drug-likeness (QED) is 0.109. The van der Waals surface area contributed by atoms with Crippen molar-refractivity contribution in [3.05, 3.63) is 29.8 Å². The first-order valence-corrected chi connectivity index (χ1v) is 16.9. The molecule has 0 aliphatic carbocycles. The number of unbranched alkanes of at least 4 members (excludes halogenated alkanes) is 8. The lowest BCUT2D eigenvalue weighted by molar-refractivity contribution is 0.0526. The summed E-state index contributed by atoms with van der Waals surface area (Å²) in [5.41, 5.74) is 1.69. The predicted octanol–water partition coefficient (Wildman–Crippen LogP) is 9.46. The first-order valence-electron chi connectivity index (χ1n) is 14.1. The Bertz CT molecular complexity index is 585. The van der Waals surface area contributed by atoms with Crippen molar-refractivity contribution < 1.29 is 9.53 Å². The number of carbonyl (C=O) groups is 1. The molecule has 0 saturated carbocycles. The van der Waals surface area contributed by atoms with Crippen LogP contribution in [0.3, 0.4) is 0 Å². The second kappa shape index (κ2) is 19.1. The summed E-state index contributed by atoms with van der Waals surface area (Å²) in [6.07, 6.45) is 16.7. The highest BCUT2D eigenvalue weighted by molar-refractivity contribution is 6.79. The van der Waals surface area contributed by atoms with Crippen molar-refractivity contribution >= 4 is 19.7 Å². The van der Waals surface area contributed by atoms with E-state index in [2.05, 4.69) is 26.1 Å². The fourth-order valence-electron chi connectivity index (χ4n) is 5.37. The summed E-state index contributed by atoms with van der Waals surface area (Å²) in [5.74, 6) is -0.247. The molecule has 4 heteroatoms.